The molecule has 0 saturated carbocycles. The molecule has 0 spiro atoms. The van der Waals surface area contributed by atoms with Gasteiger partial charge in [-0.2, -0.15) is 0 Å². The zero-order chi connectivity index (χ0) is 20.7. The topological polar surface area (TPSA) is 67.8 Å². The van der Waals surface area contributed by atoms with Crippen LogP contribution in [-0.4, -0.2) is 31.1 Å². The van der Waals surface area contributed by atoms with Gasteiger partial charge in [-0.3, -0.25) is 9.59 Å². The van der Waals surface area contributed by atoms with E-state index in [1.54, 1.807) is 0 Å². The lowest BCUT2D eigenvalue weighted by Gasteiger charge is -2.03. The summed E-state index contributed by atoms with van der Waals surface area (Å²) in [5.41, 5.74) is 0. The van der Waals surface area contributed by atoms with Crippen molar-refractivity contribution in [1.29, 1.82) is 0 Å². The van der Waals surface area contributed by atoms with E-state index in [2.05, 4.69) is 17.4 Å². The molecular weight excluding hydrogens is 352 g/mol. The van der Waals surface area contributed by atoms with Crippen molar-refractivity contribution in [3.63, 3.8) is 0 Å². The quantitative estimate of drug-likeness (QED) is 0.148. The van der Waals surface area contributed by atoms with E-state index < -0.39 is 5.91 Å². The molecule has 1 amide bonds. The number of oxime groups is 1. The monoisotopic (exact) mass is 396 g/mol. The molecule has 0 aliphatic rings. The third-order valence-corrected chi connectivity index (χ3v) is 4.85. The summed E-state index contributed by atoms with van der Waals surface area (Å²) in [6.45, 7) is 4.26. The first-order chi connectivity index (χ1) is 13.7. The third kappa shape index (κ3) is 22.7. The number of rotatable bonds is 21. The van der Waals surface area contributed by atoms with Crippen LogP contribution in [0.2, 0.25) is 0 Å². The average Bonchev–Trinajstić information content (AvgIpc) is 2.68. The third-order valence-electron chi connectivity index (χ3n) is 4.85. The molecule has 0 aromatic heterocycles. The number of carbonyl (C=O) groups excluding carboxylic acids is 2. The van der Waals surface area contributed by atoms with Gasteiger partial charge in [0.05, 0.1) is 6.54 Å². The zero-order valence-corrected chi connectivity index (χ0v) is 18.5. The Balaban J connectivity index is 3.16. The van der Waals surface area contributed by atoms with Crippen molar-refractivity contribution < 1.29 is 14.4 Å². The molecule has 0 fully saturated rings. The Morgan fingerprint density at radius 3 is 1.61 bits per heavy atom. The highest BCUT2D eigenvalue weighted by molar-refractivity contribution is 6.26. The fourth-order valence-electron chi connectivity index (χ4n) is 3.11. The molecule has 0 rings (SSSR count). The van der Waals surface area contributed by atoms with Gasteiger partial charge in [-0.05, 0) is 19.8 Å². The lowest BCUT2D eigenvalue weighted by Crippen LogP contribution is -2.29. The van der Waals surface area contributed by atoms with E-state index >= 15 is 0 Å². The van der Waals surface area contributed by atoms with Crippen molar-refractivity contribution in [2.45, 2.75) is 117 Å². The van der Waals surface area contributed by atoms with Crippen molar-refractivity contribution in [1.82, 2.24) is 5.32 Å². The summed E-state index contributed by atoms with van der Waals surface area (Å²) in [7, 11) is 0. The molecule has 28 heavy (non-hydrogen) atoms. The number of carbonyl (C=O) groups is 2. The number of nitrogens with zero attached hydrogens (tertiary/aromatic N) is 1. The molecular formula is C23H44N2O3. The van der Waals surface area contributed by atoms with Gasteiger partial charge in [-0.25, -0.2) is 0 Å². The van der Waals surface area contributed by atoms with Crippen LogP contribution in [0.25, 0.3) is 0 Å². The predicted octanol–water partition coefficient (Wildman–Crippen LogP) is 5.96. The van der Waals surface area contributed by atoms with E-state index in [9.17, 15) is 9.59 Å². The van der Waals surface area contributed by atoms with Crippen molar-refractivity contribution >= 4 is 17.9 Å². The Morgan fingerprint density at radius 2 is 1.18 bits per heavy atom. The zero-order valence-electron chi connectivity index (χ0n) is 18.5. The van der Waals surface area contributed by atoms with Crippen LogP contribution < -0.4 is 5.32 Å². The number of Topliss-reactive ketones (excluding diaryl/α,β-unsaturated/α-hetero) is 1. The van der Waals surface area contributed by atoms with Crippen molar-refractivity contribution in [3.05, 3.63) is 0 Å². The van der Waals surface area contributed by atoms with Crippen LogP contribution in [0, 0.1) is 0 Å². The second-order valence-corrected chi connectivity index (χ2v) is 7.79. The van der Waals surface area contributed by atoms with Crippen LogP contribution in [0.4, 0.5) is 0 Å². The smallest absolute Gasteiger partial charge is 0.266 e. The predicted molar refractivity (Wildman–Crippen MR) is 118 cm³/mol. The summed E-state index contributed by atoms with van der Waals surface area (Å²) in [5, 5.41) is 6.03. The first-order valence-corrected chi connectivity index (χ1v) is 11.6. The van der Waals surface area contributed by atoms with Gasteiger partial charge >= 0.3 is 0 Å². The summed E-state index contributed by atoms with van der Waals surface area (Å²) >= 11 is 0. The van der Waals surface area contributed by atoms with Crippen molar-refractivity contribution in [2.75, 3.05) is 13.2 Å². The minimum absolute atomic E-state index is 0.0317. The average molecular weight is 397 g/mol. The maximum Gasteiger partial charge on any atom is 0.266 e. The molecule has 0 heterocycles. The lowest BCUT2D eigenvalue weighted by atomic mass is 10.0. The second kappa shape index (κ2) is 21.9. The molecule has 164 valence electrons. The summed E-state index contributed by atoms with van der Waals surface area (Å²) in [4.78, 5) is 27.0. The molecule has 0 aromatic carbocycles. The number of hydrogen-bond donors (Lipinski definition) is 1. The van der Waals surface area contributed by atoms with Crippen LogP contribution in [-0.2, 0) is 14.4 Å². The van der Waals surface area contributed by atoms with E-state index in [1.807, 2.05) is 0 Å². The Morgan fingerprint density at radius 1 is 0.750 bits per heavy atom. The Hall–Kier alpha value is -1.39. The van der Waals surface area contributed by atoms with Gasteiger partial charge < -0.3 is 10.2 Å². The molecule has 0 radical (unpaired) electrons. The second-order valence-electron chi connectivity index (χ2n) is 7.79. The number of amides is 1. The largest absolute Gasteiger partial charge is 0.396 e. The normalized spacial score (nSPS) is 11.1. The summed E-state index contributed by atoms with van der Waals surface area (Å²) in [6, 6.07) is 0. The van der Waals surface area contributed by atoms with E-state index in [4.69, 9.17) is 4.84 Å². The fraction of sp³-hybridized carbons (Fsp3) is 0.870. The van der Waals surface area contributed by atoms with Crippen LogP contribution in [0.15, 0.2) is 5.16 Å². The first kappa shape index (κ1) is 26.6. The standard InChI is InChI=1S/C23H44N2O3/c1-3-4-5-6-7-8-9-10-11-12-13-14-15-16-17-18-19-28-25-21-23(27)24-20-22(2)26/h21H,3-20H2,1-2H3,(H,24,27). The molecule has 5 heteroatoms. The molecule has 0 bridgehead atoms. The maximum atomic E-state index is 11.2. The molecule has 0 saturated heterocycles. The maximum absolute atomic E-state index is 11.2. The van der Waals surface area contributed by atoms with Gasteiger partial charge in [0.2, 0.25) is 0 Å². The molecule has 1 N–H and O–H groups in total. The van der Waals surface area contributed by atoms with Gasteiger partial charge in [0.1, 0.15) is 18.6 Å². The van der Waals surface area contributed by atoms with Crippen LogP contribution in [0.5, 0.6) is 0 Å². The van der Waals surface area contributed by atoms with Gasteiger partial charge in [0, 0.05) is 0 Å². The Kier molecular flexibility index (Phi) is 20.8. The summed E-state index contributed by atoms with van der Waals surface area (Å²) in [6.07, 6.45) is 22.5. The summed E-state index contributed by atoms with van der Waals surface area (Å²) < 4.78 is 0. The van der Waals surface area contributed by atoms with Gasteiger partial charge in [0.25, 0.3) is 5.91 Å². The van der Waals surface area contributed by atoms with Gasteiger partial charge in [-0.1, -0.05) is 102 Å². The van der Waals surface area contributed by atoms with E-state index in [-0.39, 0.29) is 12.3 Å². The Bertz CT molecular complexity index is 397. The number of unbranched alkanes of at least 4 members (excludes halogenated alkanes) is 15. The van der Waals surface area contributed by atoms with Gasteiger partial charge in [0.15, 0.2) is 0 Å². The molecule has 0 aliphatic heterocycles. The number of hydrogen-bond acceptors (Lipinski definition) is 4. The minimum atomic E-state index is -0.401. The SMILES string of the molecule is CCCCCCCCCCCCCCCCCCON=CC(=O)NCC(C)=O. The van der Waals surface area contributed by atoms with Crippen molar-refractivity contribution in [3.8, 4) is 0 Å². The highest BCUT2D eigenvalue weighted by Gasteiger charge is 1.98. The number of ketones is 1. The van der Waals surface area contributed by atoms with E-state index in [1.165, 1.54) is 96.8 Å². The molecule has 0 atom stereocenters. The van der Waals surface area contributed by atoms with Crippen molar-refractivity contribution in [2.24, 2.45) is 5.16 Å². The highest BCUT2D eigenvalue weighted by Crippen LogP contribution is 2.13. The lowest BCUT2D eigenvalue weighted by molar-refractivity contribution is -0.120. The molecule has 5 nitrogen and oxygen atoms in total. The fourth-order valence-corrected chi connectivity index (χ4v) is 3.11. The van der Waals surface area contributed by atoms with E-state index in [0.29, 0.717) is 6.61 Å². The summed E-state index contributed by atoms with van der Waals surface area (Å²) in [5.74, 6) is -0.488. The van der Waals surface area contributed by atoms with Gasteiger partial charge in [-0.15, -0.1) is 0 Å². The number of nitrogens with one attached hydrogen (secondary N) is 1. The minimum Gasteiger partial charge on any atom is -0.396 e. The van der Waals surface area contributed by atoms with Crippen LogP contribution in [0.3, 0.4) is 0 Å². The van der Waals surface area contributed by atoms with E-state index in [0.717, 1.165) is 19.1 Å². The molecule has 0 aliphatic carbocycles. The van der Waals surface area contributed by atoms with Crippen LogP contribution >= 0.6 is 0 Å². The molecule has 0 aromatic rings. The first-order valence-electron chi connectivity index (χ1n) is 11.6. The molecule has 0 unspecified atom stereocenters. The van der Waals surface area contributed by atoms with Crippen LogP contribution in [0.1, 0.15) is 117 Å². The highest BCUT2D eigenvalue weighted by atomic mass is 16.6. The Labute approximate surface area is 173 Å².